The molecule has 0 spiro atoms. The van der Waals surface area contributed by atoms with Crippen molar-refractivity contribution in [3.8, 4) is 0 Å². The van der Waals surface area contributed by atoms with Gasteiger partial charge in [-0.3, -0.25) is 9.59 Å². The summed E-state index contributed by atoms with van der Waals surface area (Å²) in [5, 5.41) is 4.33. The molecule has 0 radical (unpaired) electrons. The number of unbranched alkanes of at least 4 members (excludes halogenated alkanes) is 1. The van der Waals surface area contributed by atoms with E-state index in [1.165, 1.54) is 36.4 Å². The van der Waals surface area contributed by atoms with Crippen molar-refractivity contribution in [2.45, 2.75) is 70.9 Å². The van der Waals surface area contributed by atoms with E-state index in [9.17, 15) is 9.59 Å². The molecule has 1 saturated heterocycles. The molecule has 3 rings (SSSR count). The molecule has 1 saturated carbocycles. The van der Waals surface area contributed by atoms with Gasteiger partial charge in [-0.25, -0.2) is 4.68 Å². The van der Waals surface area contributed by atoms with Crippen molar-refractivity contribution in [2.24, 2.45) is 5.92 Å². The second kappa shape index (κ2) is 7.28. The molecule has 23 heavy (non-hydrogen) atoms. The lowest BCUT2D eigenvalue weighted by atomic mass is 9.96. The van der Waals surface area contributed by atoms with Crippen LogP contribution in [0.3, 0.4) is 0 Å². The standard InChI is InChI=1S/C18H27N3O2/c1-2-3-13-21-17(22)11-10-15(19-21)18(23)20-12-6-9-16(20)14-7-4-5-8-14/h10-11,14,16H,2-9,12-13H2,1H3/t16-/m1/s1. The van der Waals surface area contributed by atoms with Crippen LogP contribution in [-0.2, 0) is 6.54 Å². The third kappa shape index (κ3) is 3.48. The van der Waals surface area contributed by atoms with E-state index in [-0.39, 0.29) is 11.5 Å². The smallest absolute Gasteiger partial charge is 0.274 e. The van der Waals surface area contributed by atoms with Gasteiger partial charge in [0.15, 0.2) is 0 Å². The van der Waals surface area contributed by atoms with Crippen LogP contribution < -0.4 is 5.56 Å². The summed E-state index contributed by atoms with van der Waals surface area (Å²) in [6.45, 7) is 3.49. The quantitative estimate of drug-likeness (QED) is 0.839. The maximum absolute atomic E-state index is 12.9. The molecule has 2 heterocycles. The number of nitrogens with zero attached hydrogens (tertiary/aromatic N) is 3. The van der Waals surface area contributed by atoms with Crippen LogP contribution in [0.5, 0.6) is 0 Å². The summed E-state index contributed by atoms with van der Waals surface area (Å²) >= 11 is 0. The normalized spacial score (nSPS) is 22.0. The Morgan fingerprint density at radius 2 is 2.00 bits per heavy atom. The molecule has 2 aliphatic rings. The third-order valence-corrected chi connectivity index (χ3v) is 5.31. The van der Waals surface area contributed by atoms with Crippen LogP contribution in [0.4, 0.5) is 0 Å². The minimum Gasteiger partial charge on any atom is -0.334 e. The predicted molar refractivity (Wildman–Crippen MR) is 89.4 cm³/mol. The SMILES string of the molecule is CCCCn1nc(C(=O)N2CCC[C@@H]2C2CCCC2)ccc1=O. The van der Waals surface area contributed by atoms with E-state index in [2.05, 4.69) is 12.0 Å². The van der Waals surface area contributed by atoms with Gasteiger partial charge in [0.05, 0.1) is 0 Å². The molecule has 0 bridgehead atoms. The number of carbonyl (C=O) groups is 1. The topological polar surface area (TPSA) is 55.2 Å². The molecule has 1 aliphatic heterocycles. The highest BCUT2D eigenvalue weighted by molar-refractivity contribution is 5.92. The van der Waals surface area contributed by atoms with Crippen LogP contribution in [0.25, 0.3) is 0 Å². The second-order valence-electron chi connectivity index (χ2n) is 6.89. The molecule has 5 heteroatoms. The Labute approximate surface area is 137 Å². The van der Waals surface area contributed by atoms with Gasteiger partial charge in [-0.2, -0.15) is 5.10 Å². The summed E-state index contributed by atoms with van der Waals surface area (Å²) in [5.74, 6) is 0.664. The van der Waals surface area contributed by atoms with Crippen molar-refractivity contribution in [1.82, 2.24) is 14.7 Å². The molecule has 1 amide bonds. The van der Waals surface area contributed by atoms with Crippen LogP contribution in [0, 0.1) is 5.92 Å². The molecule has 0 aromatic carbocycles. The summed E-state index contributed by atoms with van der Waals surface area (Å²) in [7, 11) is 0. The molecule has 2 fully saturated rings. The van der Waals surface area contributed by atoms with Gasteiger partial charge < -0.3 is 4.90 Å². The number of hydrogen-bond acceptors (Lipinski definition) is 3. The van der Waals surface area contributed by atoms with E-state index in [4.69, 9.17) is 0 Å². The molecule has 1 atom stereocenters. The van der Waals surface area contributed by atoms with E-state index in [0.717, 1.165) is 32.2 Å². The zero-order chi connectivity index (χ0) is 16.2. The number of aromatic nitrogens is 2. The minimum absolute atomic E-state index is 0.00430. The molecular formula is C18H27N3O2. The van der Waals surface area contributed by atoms with Crippen molar-refractivity contribution in [1.29, 1.82) is 0 Å². The number of carbonyl (C=O) groups excluding carboxylic acids is 1. The Bertz CT molecular complexity index is 605. The first-order chi connectivity index (χ1) is 11.2. The first-order valence-electron chi connectivity index (χ1n) is 9.10. The van der Waals surface area contributed by atoms with E-state index in [0.29, 0.717) is 24.2 Å². The van der Waals surface area contributed by atoms with Gasteiger partial charge in [-0.15, -0.1) is 0 Å². The number of aryl methyl sites for hydroxylation is 1. The van der Waals surface area contributed by atoms with E-state index in [1.54, 1.807) is 6.07 Å². The molecule has 0 unspecified atom stereocenters. The molecule has 0 N–H and O–H groups in total. The van der Waals surface area contributed by atoms with Gasteiger partial charge in [0.1, 0.15) is 5.69 Å². The zero-order valence-corrected chi connectivity index (χ0v) is 14.0. The minimum atomic E-state index is -0.122. The fourth-order valence-electron chi connectivity index (χ4n) is 4.06. The lowest BCUT2D eigenvalue weighted by Gasteiger charge is -2.29. The average Bonchev–Trinajstić information content (AvgIpc) is 3.24. The van der Waals surface area contributed by atoms with E-state index < -0.39 is 0 Å². The predicted octanol–water partition coefficient (Wildman–Crippen LogP) is 2.84. The number of likely N-dealkylation sites (tertiary alicyclic amines) is 1. The van der Waals surface area contributed by atoms with Crippen molar-refractivity contribution < 1.29 is 4.79 Å². The molecule has 1 aromatic rings. The van der Waals surface area contributed by atoms with Crippen LogP contribution in [-0.4, -0.2) is 33.2 Å². The summed E-state index contributed by atoms with van der Waals surface area (Å²) in [6, 6.07) is 3.45. The summed E-state index contributed by atoms with van der Waals surface area (Å²) in [4.78, 5) is 26.8. The zero-order valence-electron chi connectivity index (χ0n) is 14.0. The van der Waals surface area contributed by atoms with Gasteiger partial charge >= 0.3 is 0 Å². The highest BCUT2D eigenvalue weighted by atomic mass is 16.2. The fourth-order valence-corrected chi connectivity index (χ4v) is 4.06. The fraction of sp³-hybridized carbons (Fsp3) is 0.722. The number of rotatable bonds is 5. The Morgan fingerprint density at radius 3 is 2.74 bits per heavy atom. The monoisotopic (exact) mass is 317 g/mol. The lowest BCUT2D eigenvalue weighted by molar-refractivity contribution is 0.0680. The molecule has 1 aromatic heterocycles. The maximum Gasteiger partial charge on any atom is 0.274 e. The maximum atomic E-state index is 12.9. The van der Waals surface area contributed by atoms with Crippen molar-refractivity contribution in [2.75, 3.05) is 6.54 Å². The van der Waals surface area contributed by atoms with Crippen molar-refractivity contribution >= 4 is 5.91 Å². The van der Waals surface area contributed by atoms with Gasteiger partial charge in [-0.05, 0) is 44.1 Å². The van der Waals surface area contributed by atoms with Gasteiger partial charge in [-0.1, -0.05) is 26.2 Å². The van der Waals surface area contributed by atoms with Gasteiger partial charge in [0.2, 0.25) is 0 Å². The van der Waals surface area contributed by atoms with Crippen molar-refractivity contribution in [3.05, 3.63) is 28.2 Å². The van der Waals surface area contributed by atoms with Gasteiger partial charge in [0.25, 0.3) is 11.5 Å². The van der Waals surface area contributed by atoms with E-state index >= 15 is 0 Å². The first-order valence-corrected chi connectivity index (χ1v) is 9.10. The van der Waals surface area contributed by atoms with Crippen LogP contribution in [0.1, 0.15) is 68.8 Å². The van der Waals surface area contributed by atoms with Crippen LogP contribution in [0.15, 0.2) is 16.9 Å². The average molecular weight is 317 g/mol. The summed E-state index contributed by atoms with van der Waals surface area (Å²) in [5.41, 5.74) is 0.300. The van der Waals surface area contributed by atoms with E-state index in [1.807, 2.05) is 4.90 Å². The lowest BCUT2D eigenvalue weighted by Crippen LogP contribution is -2.40. The van der Waals surface area contributed by atoms with Crippen LogP contribution in [0.2, 0.25) is 0 Å². The Morgan fingerprint density at radius 1 is 1.22 bits per heavy atom. The Kier molecular flexibility index (Phi) is 5.13. The highest BCUT2D eigenvalue weighted by Crippen LogP contribution is 2.35. The van der Waals surface area contributed by atoms with Crippen molar-refractivity contribution in [3.63, 3.8) is 0 Å². The summed E-state index contributed by atoms with van der Waals surface area (Å²) in [6.07, 6.45) is 9.19. The Balaban J connectivity index is 1.77. The largest absolute Gasteiger partial charge is 0.334 e. The summed E-state index contributed by atoms with van der Waals surface area (Å²) < 4.78 is 1.44. The first kappa shape index (κ1) is 16.2. The Hall–Kier alpha value is -1.65. The highest BCUT2D eigenvalue weighted by Gasteiger charge is 2.36. The van der Waals surface area contributed by atoms with Gasteiger partial charge in [0, 0.05) is 25.2 Å². The number of hydrogen-bond donors (Lipinski definition) is 0. The second-order valence-corrected chi connectivity index (χ2v) is 6.89. The van der Waals surface area contributed by atoms with Crippen LogP contribution >= 0.6 is 0 Å². The molecule has 126 valence electrons. The molecular weight excluding hydrogens is 290 g/mol. The number of amides is 1. The third-order valence-electron chi connectivity index (χ3n) is 5.31. The molecule has 5 nitrogen and oxygen atoms in total. The molecule has 1 aliphatic carbocycles.